The Morgan fingerprint density at radius 1 is 1.20 bits per heavy atom. The zero-order chi connectivity index (χ0) is 15.1. The van der Waals surface area contributed by atoms with Crippen LogP contribution in [0.5, 0.6) is 0 Å². The molecule has 1 saturated heterocycles. The highest BCUT2D eigenvalue weighted by Gasteiger charge is 2.45. The third kappa shape index (κ3) is 4.18. The summed E-state index contributed by atoms with van der Waals surface area (Å²) in [5, 5.41) is 22.3. The number of nitrogens with zero attached hydrogens (tertiary/aromatic N) is 1. The van der Waals surface area contributed by atoms with Gasteiger partial charge in [-0.2, -0.15) is 0 Å². The second-order valence-corrected chi connectivity index (χ2v) is 5.30. The minimum Gasteiger partial charge on any atom is -0.388 e. The first-order chi connectivity index (χ1) is 9.52. The molecule has 0 aliphatic carbocycles. The Kier molecular flexibility index (Phi) is 6.95. The highest BCUT2D eigenvalue weighted by molar-refractivity contribution is 5.89. The number of aliphatic hydroxyl groups is 2. The molecule has 0 spiro atoms. The van der Waals surface area contributed by atoms with Gasteiger partial charge in [-0.05, 0) is 12.8 Å². The summed E-state index contributed by atoms with van der Waals surface area (Å²) in [5.74, 6) is -0.577. The average molecular weight is 286 g/mol. The maximum absolute atomic E-state index is 12.1. The number of β-amino-alcohol motifs (C(OH)–C–C–N with tert-alkyl or cyclic N) is 1. The van der Waals surface area contributed by atoms with Crippen LogP contribution >= 0.6 is 0 Å². The molecule has 0 bridgehead atoms. The number of rotatable bonds is 7. The van der Waals surface area contributed by atoms with Crippen molar-refractivity contribution in [3.8, 4) is 0 Å². The van der Waals surface area contributed by atoms with Gasteiger partial charge in [0.15, 0.2) is 0 Å². The van der Waals surface area contributed by atoms with E-state index >= 15 is 0 Å². The van der Waals surface area contributed by atoms with Gasteiger partial charge in [0.25, 0.3) is 0 Å². The van der Waals surface area contributed by atoms with Gasteiger partial charge in [0.2, 0.25) is 11.8 Å². The Hall–Kier alpha value is -1.14. The summed E-state index contributed by atoms with van der Waals surface area (Å²) in [6, 6.07) is -0.967. The lowest BCUT2D eigenvalue weighted by Gasteiger charge is -2.25. The van der Waals surface area contributed by atoms with Gasteiger partial charge in [-0.15, -0.1) is 0 Å². The SMILES string of the molecule is CCCCCNC(=O)[C@@H]1[C@@H](O)[C@@H](O)CN1C(=O)CCC. The van der Waals surface area contributed by atoms with Gasteiger partial charge in [0.05, 0.1) is 12.6 Å². The molecule has 3 N–H and O–H groups in total. The van der Waals surface area contributed by atoms with Crippen LogP contribution in [-0.4, -0.2) is 58.3 Å². The first-order valence-electron chi connectivity index (χ1n) is 7.46. The van der Waals surface area contributed by atoms with Crippen molar-refractivity contribution in [1.29, 1.82) is 0 Å². The zero-order valence-corrected chi connectivity index (χ0v) is 12.3. The van der Waals surface area contributed by atoms with Crippen LogP contribution in [0, 0.1) is 0 Å². The molecule has 1 heterocycles. The summed E-state index contributed by atoms with van der Waals surface area (Å²) in [4.78, 5) is 25.4. The Morgan fingerprint density at radius 3 is 2.50 bits per heavy atom. The number of nitrogens with one attached hydrogen (secondary N) is 1. The molecule has 3 atom stereocenters. The lowest BCUT2D eigenvalue weighted by molar-refractivity contribution is -0.140. The Labute approximate surface area is 120 Å². The van der Waals surface area contributed by atoms with E-state index in [4.69, 9.17) is 0 Å². The molecule has 0 aromatic rings. The van der Waals surface area contributed by atoms with Gasteiger partial charge in [0, 0.05) is 13.0 Å². The molecule has 116 valence electrons. The molecule has 2 amide bonds. The Balaban J connectivity index is 2.61. The minimum atomic E-state index is -1.21. The van der Waals surface area contributed by atoms with E-state index in [0.717, 1.165) is 19.3 Å². The molecule has 1 aliphatic rings. The van der Waals surface area contributed by atoms with Crippen LogP contribution < -0.4 is 5.32 Å². The van der Waals surface area contributed by atoms with Crippen LogP contribution in [0.4, 0.5) is 0 Å². The molecule has 20 heavy (non-hydrogen) atoms. The second-order valence-electron chi connectivity index (χ2n) is 5.30. The zero-order valence-electron chi connectivity index (χ0n) is 12.3. The van der Waals surface area contributed by atoms with Gasteiger partial charge in [-0.3, -0.25) is 9.59 Å². The van der Waals surface area contributed by atoms with E-state index in [1.807, 2.05) is 6.92 Å². The third-order valence-electron chi connectivity index (χ3n) is 3.57. The van der Waals surface area contributed by atoms with Crippen molar-refractivity contribution in [1.82, 2.24) is 10.2 Å². The van der Waals surface area contributed by atoms with Gasteiger partial charge in [-0.25, -0.2) is 0 Å². The molecular weight excluding hydrogens is 260 g/mol. The molecule has 0 radical (unpaired) electrons. The molecule has 6 heteroatoms. The van der Waals surface area contributed by atoms with E-state index in [2.05, 4.69) is 12.2 Å². The molecule has 0 aromatic heterocycles. The minimum absolute atomic E-state index is 0.0209. The molecule has 1 fully saturated rings. The maximum atomic E-state index is 12.1. The predicted octanol–water partition coefficient (Wildman–Crippen LogP) is 0.0255. The van der Waals surface area contributed by atoms with Crippen molar-refractivity contribution in [2.75, 3.05) is 13.1 Å². The fourth-order valence-corrected chi connectivity index (χ4v) is 2.42. The van der Waals surface area contributed by atoms with Crippen molar-refractivity contribution in [2.45, 2.75) is 64.2 Å². The standard InChI is InChI=1S/C14H26N2O4/c1-3-5-6-8-15-14(20)12-13(19)10(17)9-16(12)11(18)7-4-2/h10,12-13,17,19H,3-9H2,1-2H3,(H,15,20)/t10-,12-,13-/m0/s1. The molecule has 1 rings (SSSR count). The number of unbranched alkanes of at least 4 members (excludes halogenated alkanes) is 2. The van der Waals surface area contributed by atoms with E-state index in [-0.39, 0.29) is 18.4 Å². The monoisotopic (exact) mass is 286 g/mol. The normalized spacial score (nSPS) is 25.8. The van der Waals surface area contributed by atoms with E-state index in [0.29, 0.717) is 19.4 Å². The largest absolute Gasteiger partial charge is 0.388 e. The van der Waals surface area contributed by atoms with Gasteiger partial charge in [0.1, 0.15) is 12.1 Å². The fourth-order valence-electron chi connectivity index (χ4n) is 2.42. The van der Waals surface area contributed by atoms with E-state index in [1.54, 1.807) is 0 Å². The third-order valence-corrected chi connectivity index (χ3v) is 3.57. The quantitative estimate of drug-likeness (QED) is 0.576. The second kappa shape index (κ2) is 8.21. The summed E-state index contributed by atoms with van der Waals surface area (Å²) < 4.78 is 0. The number of likely N-dealkylation sites (tertiary alicyclic amines) is 1. The molecule has 0 aromatic carbocycles. The summed E-state index contributed by atoms with van der Waals surface area (Å²) in [6.07, 6.45) is 1.68. The van der Waals surface area contributed by atoms with Crippen molar-refractivity contribution in [2.24, 2.45) is 0 Å². The van der Waals surface area contributed by atoms with Crippen LogP contribution in [0.1, 0.15) is 46.0 Å². The summed E-state index contributed by atoms with van der Waals surface area (Å²) in [6.45, 7) is 4.50. The van der Waals surface area contributed by atoms with Crippen molar-refractivity contribution >= 4 is 11.8 Å². The molecular formula is C14H26N2O4. The number of amides is 2. The summed E-state index contributed by atoms with van der Waals surface area (Å²) in [5.41, 5.74) is 0. The van der Waals surface area contributed by atoms with Crippen molar-refractivity contribution in [3.63, 3.8) is 0 Å². The number of hydrogen-bond donors (Lipinski definition) is 3. The highest BCUT2D eigenvalue weighted by atomic mass is 16.3. The highest BCUT2D eigenvalue weighted by Crippen LogP contribution is 2.20. The lowest BCUT2D eigenvalue weighted by Crippen LogP contribution is -2.50. The van der Waals surface area contributed by atoms with Crippen LogP contribution in [0.3, 0.4) is 0 Å². The molecule has 0 saturated carbocycles. The topological polar surface area (TPSA) is 89.9 Å². The fraction of sp³-hybridized carbons (Fsp3) is 0.857. The molecule has 6 nitrogen and oxygen atoms in total. The lowest BCUT2D eigenvalue weighted by atomic mass is 10.1. The van der Waals surface area contributed by atoms with Crippen LogP contribution in [0.25, 0.3) is 0 Å². The Morgan fingerprint density at radius 2 is 1.90 bits per heavy atom. The number of hydrogen-bond acceptors (Lipinski definition) is 4. The first kappa shape index (κ1) is 16.9. The molecule has 0 unspecified atom stereocenters. The number of aliphatic hydroxyl groups excluding tert-OH is 2. The summed E-state index contributed by atoms with van der Waals surface area (Å²) >= 11 is 0. The van der Waals surface area contributed by atoms with Gasteiger partial charge in [-0.1, -0.05) is 26.7 Å². The number of carbonyl (C=O) groups is 2. The van der Waals surface area contributed by atoms with Crippen LogP contribution in [0.2, 0.25) is 0 Å². The van der Waals surface area contributed by atoms with Gasteiger partial charge >= 0.3 is 0 Å². The maximum Gasteiger partial charge on any atom is 0.245 e. The summed E-state index contributed by atoms with van der Waals surface area (Å²) in [7, 11) is 0. The van der Waals surface area contributed by atoms with Crippen molar-refractivity contribution < 1.29 is 19.8 Å². The van der Waals surface area contributed by atoms with E-state index in [9.17, 15) is 19.8 Å². The van der Waals surface area contributed by atoms with Crippen LogP contribution in [0.15, 0.2) is 0 Å². The van der Waals surface area contributed by atoms with Crippen LogP contribution in [-0.2, 0) is 9.59 Å². The first-order valence-corrected chi connectivity index (χ1v) is 7.46. The predicted molar refractivity (Wildman–Crippen MR) is 75.0 cm³/mol. The van der Waals surface area contributed by atoms with E-state index < -0.39 is 18.2 Å². The average Bonchev–Trinajstić information content (AvgIpc) is 2.71. The van der Waals surface area contributed by atoms with Crippen molar-refractivity contribution in [3.05, 3.63) is 0 Å². The number of carbonyl (C=O) groups excluding carboxylic acids is 2. The van der Waals surface area contributed by atoms with E-state index in [1.165, 1.54) is 4.90 Å². The smallest absolute Gasteiger partial charge is 0.245 e. The Bertz CT molecular complexity index is 335. The van der Waals surface area contributed by atoms with Gasteiger partial charge < -0.3 is 20.4 Å². The molecule has 1 aliphatic heterocycles.